The first-order chi connectivity index (χ1) is 8.19. The van der Waals surface area contributed by atoms with Crippen LogP contribution in [0.25, 0.3) is 0 Å². The maximum atomic E-state index is 9.07. The first kappa shape index (κ1) is 12.6. The van der Waals surface area contributed by atoms with Crippen molar-refractivity contribution >= 4 is 11.6 Å². The van der Waals surface area contributed by atoms with Gasteiger partial charge in [0.15, 0.2) is 0 Å². The van der Waals surface area contributed by atoms with E-state index in [0.29, 0.717) is 16.6 Å². The summed E-state index contributed by atoms with van der Waals surface area (Å²) in [5, 5.41) is 9.55. The molecule has 1 saturated heterocycles. The fourth-order valence-electron chi connectivity index (χ4n) is 1.91. The smallest absolute Gasteiger partial charge is 0.213 e. The van der Waals surface area contributed by atoms with Gasteiger partial charge in [-0.2, -0.15) is 0 Å². The predicted octanol–water partition coefficient (Wildman–Crippen LogP) is 1.70. The summed E-state index contributed by atoms with van der Waals surface area (Å²) in [7, 11) is 2.11. The Kier molecular flexibility index (Phi) is 4.20. The molecule has 0 atom stereocenters. The van der Waals surface area contributed by atoms with Gasteiger partial charge < -0.3 is 14.7 Å². The second kappa shape index (κ2) is 5.67. The van der Waals surface area contributed by atoms with E-state index in [1.54, 1.807) is 12.1 Å². The van der Waals surface area contributed by atoms with E-state index in [4.69, 9.17) is 21.4 Å². The van der Waals surface area contributed by atoms with Gasteiger partial charge >= 0.3 is 0 Å². The topological polar surface area (TPSA) is 45.6 Å². The monoisotopic (exact) mass is 256 g/mol. The minimum Gasteiger partial charge on any atom is -0.474 e. The molecule has 0 saturated carbocycles. The fraction of sp³-hybridized carbons (Fsp3) is 0.583. The number of aromatic nitrogens is 1. The summed E-state index contributed by atoms with van der Waals surface area (Å²) in [5.74, 6) is 0.549. The molecule has 1 N–H and O–H groups in total. The van der Waals surface area contributed by atoms with Crippen molar-refractivity contribution in [2.75, 3.05) is 20.1 Å². The molecule has 0 aliphatic carbocycles. The number of aliphatic hydroxyl groups excluding tert-OH is 1. The van der Waals surface area contributed by atoms with Crippen LogP contribution in [0.5, 0.6) is 5.88 Å². The second-order valence-electron chi connectivity index (χ2n) is 4.36. The van der Waals surface area contributed by atoms with E-state index >= 15 is 0 Å². The maximum Gasteiger partial charge on any atom is 0.213 e. The van der Waals surface area contributed by atoms with Crippen molar-refractivity contribution in [3.05, 3.63) is 22.8 Å². The summed E-state index contributed by atoms with van der Waals surface area (Å²) in [4.78, 5) is 6.47. The van der Waals surface area contributed by atoms with Gasteiger partial charge in [0.1, 0.15) is 6.10 Å². The van der Waals surface area contributed by atoms with Crippen LogP contribution in [0.15, 0.2) is 12.1 Å². The third kappa shape index (κ3) is 3.31. The van der Waals surface area contributed by atoms with E-state index in [9.17, 15) is 0 Å². The summed E-state index contributed by atoms with van der Waals surface area (Å²) < 4.78 is 5.79. The molecule has 1 aliphatic rings. The zero-order valence-electron chi connectivity index (χ0n) is 9.90. The summed E-state index contributed by atoms with van der Waals surface area (Å²) in [6.45, 7) is 1.93. The molecule has 4 nitrogen and oxygen atoms in total. The van der Waals surface area contributed by atoms with Crippen LogP contribution in [-0.2, 0) is 6.61 Å². The Hall–Kier alpha value is -0.840. The molecule has 1 aromatic heterocycles. The average molecular weight is 257 g/mol. The Balaban J connectivity index is 1.99. The summed E-state index contributed by atoms with van der Waals surface area (Å²) >= 11 is 5.87. The van der Waals surface area contributed by atoms with Crippen LogP contribution in [0.1, 0.15) is 18.5 Å². The molecule has 1 fully saturated rings. The van der Waals surface area contributed by atoms with Crippen LogP contribution in [0.3, 0.4) is 0 Å². The minimum absolute atomic E-state index is 0.163. The molecule has 0 radical (unpaired) electrons. The standard InChI is InChI=1S/C12H17ClN2O2/c1-15-6-4-9(5-7-15)17-12-3-2-10(13)11(8-16)14-12/h2-3,9,16H,4-8H2,1H3. The number of hydrogen-bond donors (Lipinski definition) is 1. The highest BCUT2D eigenvalue weighted by Crippen LogP contribution is 2.21. The first-order valence-electron chi connectivity index (χ1n) is 5.80. The number of rotatable bonds is 3. The Morgan fingerprint density at radius 3 is 2.82 bits per heavy atom. The van der Waals surface area contributed by atoms with E-state index in [2.05, 4.69) is 16.9 Å². The number of aliphatic hydroxyl groups is 1. The van der Waals surface area contributed by atoms with Gasteiger partial charge in [-0.25, -0.2) is 4.98 Å². The SMILES string of the molecule is CN1CCC(Oc2ccc(Cl)c(CO)n2)CC1. The molecular weight excluding hydrogens is 240 g/mol. The number of ether oxygens (including phenoxy) is 1. The van der Waals surface area contributed by atoms with Gasteiger partial charge in [0.2, 0.25) is 5.88 Å². The quantitative estimate of drug-likeness (QED) is 0.894. The van der Waals surface area contributed by atoms with Gasteiger partial charge in [-0.15, -0.1) is 0 Å². The summed E-state index contributed by atoms with van der Waals surface area (Å²) in [6, 6.07) is 3.46. The van der Waals surface area contributed by atoms with Gasteiger partial charge in [-0.1, -0.05) is 11.6 Å². The molecule has 0 amide bonds. The summed E-state index contributed by atoms with van der Waals surface area (Å²) in [5.41, 5.74) is 0.470. The van der Waals surface area contributed by atoms with Gasteiger partial charge in [0.05, 0.1) is 17.3 Å². The molecule has 1 aromatic rings. The molecule has 0 spiro atoms. The lowest BCUT2D eigenvalue weighted by molar-refractivity contribution is 0.109. The number of halogens is 1. The van der Waals surface area contributed by atoms with Crippen molar-refractivity contribution < 1.29 is 9.84 Å². The molecule has 0 aromatic carbocycles. The first-order valence-corrected chi connectivity index (χ1v) is 6.18. The van der Waals surface area contributed by atoms with E-state index < -0.39 is 0 Å². The fourth-order valence-corrected chi connectivity index (χ4v) is 2.08. The molecule has 5 heteroatoms. The Morgan fingerprint density at radius 2 is 2.18 bits per heavy atom. The summed E-state index contributed by atoms with van der Waals surface area (Å²) in [6.07, 6.45) is 2.23. The van der Waals surface area contributed by atoms with Crippen LogP contribution in [0.4, 0.5) is 0 Å². The lowest BCUT2D eigenvalue weighted by Gasteiger charge is -2.29. The van der Waals surface area contributed by atoms with Gasteiger partial charge in [-0.05, 0) is 26.0 Å². The van der Waals surface area contributed by atoms with Crippen LogP contribution >= 0.6 is 11.6 Å². The van der Waals surface area contributed by atoms with Crippen molar-refractivity contribution in [2.24, 2.45) is 0 Å². The van der Waals surface area contributed by atoms with Crippen LogP contribution in [0, 0.1) is 0 Å². The zero-order valence-corrected chi connectivity index (χ0v) is 10.7. The number of piperidine rings is 1. The molecule has 2 heterocycles. The lowest BCUT2D eigenvalue weighted by Crippen LogP contribution is -2.35. The Labute approximate surface area is 106 Å². The van der Waals surface area contributed by atoms with E-state index in [1.165, 1.54) is 0 Å². The molecule has 0 bridgehead atoms. The van der Waals surface area contributed by atoms with E-state index in [-0.39, 0.29) is 12.7 Å². The Bertz CT molecular complexity index is 379. The molecule has 17 heavy (non-hydrogen) atoms. The van der Waals surface area contributed by atoms with Gasteiger partial charge in [0, 0.05) is 19.2 Å². The van der Waals surface area contributed by atoms with Crippen molar-refractivity contribution in [1.29, 1.82) is 0 Å². The highest BCUT2D eigenvalue weighted by atomic mass is 35.5. The van der Waals surface area contributed by atoms with E-state index in [0.717, 1.165) is 25.9 Å². The minimum atomic E-state index is -0.163. The normalized spacial score (nSPS) is 18.3. The van der Waals surface area contributed by atoms with Crippen molar-refractivity contribution in [2.45, 2.75) is 25.6 Å². The second-order valence-corrected chi connectivity index (χ2v) is 4.76. The number of likely N-dealkylation sites (tertiary alicyclic amines) is 1. The van der Waals surface area contributed by atoms with E-state index in [1.807, 2.05) is 0 Å². The predicted molar refractivity (Wildman–Crippen MR) is 66.3 cm³/mol. The van der Waals surface area contributed by atoms with Gasteiger partial charge in [0.25, 0.3) is 0 Å². The van der Waals surface area contributed by atoms with Crippen molar-refractivity contribution in [3.63, 3.8) is 0 Å². The molecule has 94 valence electrons. The largest absolute Gasteiger partial charge is 0.474 e. The van der Waals surface area contributed by atoms with Crippen LogP contribution in [0.2, 0.25) is 5.02 Å². The number of pyridine rings is 1. The zero-order chi connectivity index (χ0) is 12.3. The maximum absolute atomic E-state index is 9.07. The number of hydrogen-bond acceptors (Lipinski definition) is 4. The third-order valence-electron chi connectivity index (χ3n) is 3.00. The number of nitrogens with zero attached hydrogens (tertiary/aromatic N) is 2. The highest BCUT2D eigenvalue weighted by Gasteiger charge is 2.18. The Morgan fingerprint density at radius 1 is 1.47 bits per heavy atom. The van der Waals surface area contributed by atoms with Gasteiger partial charge in [-0.3, -0.25) is 0 Å². The van der Waals surface area contributed by atoms with Crippen molar-refractivity contribution in [3.8, 4) is 5.88 Å². The molecular formula is C12H17ClN2O2. The lowest BCUT2D eigenvalue weighted by atomic mass is 10.1. The average Bonchev–Trinajstić information content (AvgIpc) is 2.34. The molecule has 2 rings (SSSR count). The van der Waals surface area contributed by atoms with Crippen molar-refractivity contribution in [1.82, 2.24) is 9.88 Å². The van der Waals surface area contributed by atoms with Crippen LogP contribution < -0.4 is 4.74 Å². The highest BCUT2D eigenvalue weighted by molar-refractivity contribution is 6.31. The molecule has 1 aliphatic heterocycles. The third-order valence-corrected chi connectivity index (χ3v) is 3.34. The molecule has 0 unspecified atom stereocenters. The van der Waals surface area contributed by atoms with Crippen LogP contribution in [-0.4, -0.2) is 41.2 Å².